The number of Topliss-reactive ketones (excluding diaryl/α,β-unsaturated/α-hetero) is 2. The van der Waals surface area contributed by atoms with E-state index in [9.17, 15) is 9.59 Å². The molecule has 0 radical (unpaired) electrons. The summed E-state index contributed by atoms with van der Waals surface area (Å²) >= 11 is 0. The molecular weight excluding hydrogens is 128 g/mol. The van der Waals surface area contributed by atoms with Gasteiger partial charge >= 0.3 is 0 Å². The Balaban J connectivity index is 3.99. The zero-order valence-electron chi connectivity index (χ0n) is 6.60. The summed E-state index contributed by atoms with van der Waals surface area (Å²) in [4.78, 5) is 21.3. The molecule has 2 nitrogen and oxygen atoms in total. The van der Waals surface area contributed by atoms with E-state index in [0.717, 1.165) is 0 Å². The first-order valence-electron chi connectivity index (χ1n) is 3.23. The molecule has 0 amide bonds. The van der Waals surface area contributed by atoms with Gasteiger partial charge in [0.05, 0.1) is 6.42 Å². The predicted octanol–water partition coefficient (Wildman–Crippen LogP) is 1.50. The molecule has 0 N–H and O–H groups in total. The van der Waals surface area contributed by atoms with E-state index in [-0.39, 0.29) is 18.0 Å². The van der Waals surface area contributed by atoms with Crippen molar-refractivity contribution in [1.82, 2.24) is 0 Å². The maximum atomic E-state index is 10.9. The van der Waals surface area contributed by atoms with Crippen molar-refractivity contribution in [3.05, 3.63) is 11.6 Å². The van der Waals surface area contributed by atoms with E-state index in [4.69, 9.17) is 0 Å². The molecule has 0 aliphatic carbocycles. The highest BCUT2D eigenvalue weighted by atomic mass is 16.1. The lowest BCUT2D eigenvalue weighted by molar-refractivity contribution is -0.123. The first-order valence-corrected chi connectivity index (χ1v) is 3.23. The second-order valence-electron chi connectivity index (χ2n) is 2.27. The van der Waals surface area contributed by atoms with E-state index >= 15 is 0 Å². The number of ketones is 2. The predicted molar refractivity (Wildman–Crippen MR) is 39.7 cm³/mol. The van der Waals surface area contributed by atoms with Crippen molar-refractivity contribution in [2.45, 2.75) is 27.2 Å². The summed E-state index contributed by atoms with van der Waals surface area (Å²) in [5.74, 6) is -0.152. The number of hydrogen-bond acceptors (Lipinski definition) is 2. The molecular formula is C8H12O2. The Bertz CT molecular complexity index is 178. The van der Waals surface area contributed by atoms with Gasteiger partial charge in [-0.15, -0.1) is 0 Å². The minimum absolute atomic E-state index is 0.0379. The summed E-state index contributed by atoms with van der Waals surface area (Å²) in [5.41, 5.74) is 0.662. The highest BCUT2D eigenvalue weighted by molar-refractivity contribution is 6.06. The monoisotopic (exact) mass is 140 g/mol. The van der Waals surface area contributed by atoms with Gasteiger partial charge in [-0.25, -0.2) is 0 Å². The molecule has 0 saturated carbocycles. The van der Waals surface area contributed by atoms with Crippen LogP contribution in [0.5, 0.6) is 0 Å². The molecule has 0 rings (SSSR count). The highest BCUT2D eigenvalue weighted by Gasteiger charge is 2.05. The Morgan fingerprint density at radius 1 is 1.30 bits per heavy atom. The van der Waals surface area contributed by atoms with Crippen molar-refractivity contribution in [3.63, 3.8) is 0 Å². The summed E-state index contributed by atoms with van der Waals surface area (Å²) in [6.07, 6.45) is 1.75. The van der Waals surface area contributed by atoms with E-state index in [1.807, 2.05) is 0 Å². The second kappa shape index (κ2) is 3.99. The smallest absolute Gasteiger partial charge is 0.165 e. The maximum absolute atomic E-state index is 10.9. The lowest BCUT2D eigenvalue weighted by Crippen LogP contribution is -2.04. The summed E-state index contributed by atoms with van der Waals surface area (Å²) in [7, 11) is 0. The molecule has 0 unspecified atom stereocenters. The first kappa shape index (κ1) is 9.08. The van der Waals surface area contributed by atoms with E-state index < -0.39 is 0 Å². The molecule has 0 aliphatic rings. The third-order valence-electron chi connectivity index (χ3n) is 1.28. The van der Waals surface area contributed by atoms with E-state index in [2.05, 4.69) is 0 Å². The maximum Gasteiger partial charge on any atom is 0.165 e. The molecule has 0 fully saturated rings. The van der Waals surface area contributed by atoms with Crippen LogP contribution in [0, 0.1) is 0 Å². The molecule has 0 saturated heterocycles. The van der Waals surface area contributed by atoms with Crippen LogP contribution in [-0.4, -0.2) is 11.6 Å². The van der Waals surface area contributed by atoms with Crippen LogP contribution in [0.25, 0.3) is 0 Å². The standard InChI is InChI=1S/C8H12O2/c1-4-6(2)8(10)5-7(3)9/h4H,5H2,1-3H3/b6-4+. The fraction of sp³-hybridized carbons (Fsp3) is 0.500. The second-order valence-corrected chi connectivity index (χ2v) is 2.27. The Morgan fingerprint density at radius 3 is 2.10 bits per heavy atom. The number of hydrogen-bond donors (Lipinski definition) is 0. The largest absolute Gasteiger partial charge is 0.300 e. The molecule has 0 aromatic rings. The Hall–Kier alpha value is -0.920. The SMILES string of the molecule is C/C=C(\C)C(=O)CC(C)=O. The molecule has 0 bridgehead atoms. The average molecular weight is 140 g/mol. The Morgan fingerprint density at radius 2 is 1.80 bits per heavy atom. The van der Waals surface area contributed by atoms with Gasteiger partial charge in [-0.1, -0.05) is 6.08 Å². The lowest BCUT2D eigenvalue weighted by atomic mass is 10.1. The van der Waals surface area contributed by atoms with Gasteiger partial charge in [0.2, 0.25) is 0 Å². The van der Waals surface area contributed by atoms with Gasteiger partial charge in [0.25, 0.3) is 0 Å². The summed E-state index contributed by atoms with van der Waals surface area (Å²) in [6, 6.07) is 0. The molecule has 10 heavy (non-hydrogen) atoms. The third kappa shape index (κ3) is 3.17. The van der Waals surface area contributed by atoms with Crippen molar-refractivity contribution in [2.24, 2.45) is 0 Å². The Kier molecular flexibility index (Phi) is 3.62. The van der Waals surface area contributed by atoms with Gasteiger partial charge in [-0.3, -0.25) is 9.59 Å². The van der Waals surface area contributed by atoms with Crippen LogP contribution in [0.1, 0.15) is 27.2 Å². The fourth-order valence-corrected chi connectivity index (χ4v) is 0.527. The van der Waals surface area contributed by atoms with Gasteiger partial charge in [0.15, 0.2) is 5.78 Å². The van der Waals surface area contributed by atoms with Crippen molar-refractivity contribution in [1.29, 1.82) is 0 Å². The van der Waals surface area contributed by atoms with Crippen LogP contribution in [0.2, 0.25) is 0 Å². The van der Waals surface area contributed by atoms with Gasteiger partial charge in [-0.2, -0.15) is 0 Å². The van der Waals surface area contributed by atoms with E-state index in [1.165, 1.54) is 6.92 Å². The molecule has 0 aliphatic heterocycles. The van der Waals surface area contributed by atoms with Gasteiger partial charge in [0.1, 0.15) is 5.78 Å². The van der Waals surface area contributed by atoms with Crippen LogP contribution >= 0.6 is 0 Å². The summed E-state index contributed by atoms with van der Waals surface area (Å²) in [5, 5.41) is 0. The topological polar surface area (TPSA) is 34.1 Å². The lowest BCUT2D eigenvalue weighted by Gasteiger charge is -1.94. The minimum atomic E-state index is -0.0776. The fourth-order valence-electron chi connectivity index (χ4n) is 0.527. The number of rotatable bonds is 3. The van der Waals surface area contributed by atoms with Crippen molar-refractivity contribution >= 4 is 11.6 Å². The van der Waals surface area contributed by atoms with E-state index in [0.29, 0.717) is 5.57 Å². The first-order chi connectivity index (χ1) is 4.57. The van der Waals surface area contributed by atoms with Crippen LogP contribution in [-0.2, 0) is 9.59 Å². The summed E-state index contributed by atoms with van der Waals surface area (Å²) < 4.78 is 0. The Labute approximate surface area is 60.9 Å². The number of carbonyl (C=O) groups is 2. The van der Waals surface area contributed by atoms with Crippen molar-refractivity contribution < 1.29 is 9.59 Å². The normalized spacial score (nSPS) is 11.3. The van der Waals surface area contributed by atoms with Gasteiger partial charge in [-0.05, 0) is 26.3 Å². The highest BCUT2D eigenvalue weighted by Crippen LogP contribution is 1.98. The molecule has 0 aromatic heterocycles. The zero-order chi connectivity index (χ0) is 8.15. The van der Waals surface area contributed by atoms with Crippen LogP contribution in [0.3, 0.4) is 0 Å². The minimum Gasteiger partial charge on any atom is -0.300 e. The van der Waals surface area contributed by atoms with Crippen LogP contribution < -0.4 is 0 Å². The van der Waals surface area contributed by atoms with Gasteiger partial charge < -0.3 is 0 Å². The quantitative estimate of drug-likeness (QED) is 0.439. The average Bonchev–Trinajstić information content (AvgIpc) is 1.85. The molecule has 2 heteroatoms. The van der Waals surface area contributed by atoms with Gasteiger partial charge in [0, 0.05) is 0 Å². The zero-order valence-corrected chi connectivity index (χ0v) is 6.60. The number of allylic oxidation sites excluding steroid dienone is 2. The molecule has 0 aromatic carbocycles. The van der Waals surface area contributed by atoms with Crippen LogP contribution in [0.4, 0.5) is 0 Å². The van der Waals surface area contributed by atoms with Crippen LogP contribution in [0.15, 0.2) is 11.6 Å². The van der Waals surface area contributed by atoms with E-state index in [1.54, 1.807) is 19.9 Å². The summed E-state index contributed by atoms with van der Waals surface area (Å²) in [6.45, 7) is 4.92. The third-order valence-corrected chi connectivity index (χ3v) is 1.28. The number of carbonyl (C=O) groups excluding carboxylic acids is 2. The molecule has 56 valence electrons. The van der Waals surface area contributed by atoms with Crippen molar-refractivity contribution in [2.75, 3.05) is 0 Å². The molecule has 0 spiro atoms. The molecule has 0 atom stereocenters. The molecule has 0 heterocycles. The van der Waals surface area contributed by atoms with Crippen molar-refractivity contribution in [3.8, 4) is 0 Å².